The van der Waals surface area contributed by atoms with Crippen molar-refractivity contribution in [3.05, 3.63) is 51.2 Å². The summed E-state index contributed by atoms with van der Waals surface area (Å²) in [6.45, 7) is 2.14. The molecule has 0 radical (unpaired) electrons. The molecule has 1 aromatic carbocycles. The van der Waals surface area contributed by atoms with Crippen LogP contribution in [0.25, 0.3) is 0 Å². The van der Waals surface area contributed by atoms with Crippen LogP contribution in [0.15, 0.2) is 30.3 Å². The van der Waals surface area contributed by atoms with Gasteiger partial charge in [0.05, 0.1) is 0 Å². The Morgan fingerprint density at radius 1 is 1.30 bits per heavy atom. The van der Waals surface area contributed by atoms with Gasteiger partial charge in [-0.05, 0) is 37.3 Å². The van der Waals surface area contributed by atoms with Gasteiger partial charge in [-0.15, -0.1) is 11.3 Å². The molecule has 0 atom stereocenters. The maximum Gasteiger partial charge on any atom is 0.345 e. The average Bonchev–Trinajstić information content (AvgIpc) is 2.78. The second-order valence-electron chi connectivity index (χ2n) is 4.17. The lowest BCUT2D eigenvalue weighted by Gasteiger charge is -2.06. The van der Waals surface area contributed by atoms with Crippen LogP contribution >= 0.6 is 11.3 Å². The molecule has 0 bridgehead atoms. The van der Waals surface area contributed by atoms with Gasteiger partial charge in [0.2, 0.25) is 5.91 Å². The largest absolute Gasteiger partial charge is 0.489 e. The normalized spacial score (nSPS) is 10.2. The molecule has 20 heavy (non-hydrogen) atoms. The summed E-state index contributed by atoms with van der Waals surface area (Å²) in [7, 11) is 0. The number of primary amides is 1. The van der Waals surface area contributed by atoms with Crippen molar-refractivity contribution in [2.24, 2.45) is 5.73 Å². The van der Waals surface area contributed by atoms with Gasteiger partial charge in [0, 0.05) is 16.0 Å². The maximum absolute atomic E-state index is 10.9. The zero-order chi connectivity index (χ0) is 14.7. The molecular weight excluding hydrogens is 278 g/mol. The van der Waals surface area contributed by atoms with Crippen molar-refractivity contribution >= 4 is 23.2 Å². The number of ether oxygens (including phenoxy) is 1. The Kier molecular flexibility index (Phi) is 4.05. The van der Waals surface area contributed by atoms with Crippen molar-refractivity contribution in [3.8, 4) is 5.75 Å². The first kappa shape index (κ1) is 14.1. The summed E-state index contributed by atoms with van der Waals surface area (Å²) >= 11 is 1.22. The number of aromatic carboxylic acids is 1. The molecule has 3 N–H and O–H groups in total. The van der Waals surface area contributed by atoms with Crippen LogP contribution in [-0.4, -0.2) is 17.0 Å². The third kappa shape index (κ3) is 3.16. The topological polar surface area (TPSA) is 89.6 Å². The fraction of sp³-hybridized carbons (Fsp3) is 0.143. The number of carbonyl (C=O) groups is 2. The summed E-state index contributed by atoms with van der Waals surface area (Å²) in [6.07, 6.45) is 0. The lowest BCUT2D eigenvalue weighted by Crippen LogP contribution is -2.10. The summed E-state index contributed by atoms with van der Waals surface area (Å²) in [4.78, 5) is 23.0. The van der Waals surface area contributed by atoms with E-state index in [2.05, 4.69) is 0 Å². The number of thiophene rings is 1. The first-order valence-electron chi connectivity index (χ1n) is 5.82. The summed E-state index contributed by atoms with van der Waals surface area (Å²) in [5.41, 5.74) is 6.40. The highest BCUT2D eigenvalue weighted by atomic mass is 32.1. The van der Waals surface area contributed by atoms with Gasteiger partial charge in [-0.25, -0.2) is 4.79 Å². The number of aryl methyl sites for hydroxylation is 1. The smallest absolute Gasteiger partial charge is 0.345 e. The summed E-state index contributed by atoms with van der Waals surface area (Å²) in [6, 6.07) is 8.08. The second kappa shape index (κ2) is 5.75. The molecule has 2 rings (SSSR count). The van der Waals surface area contributed by atoms with E-state index in [0.29, 0.717) is 16.2 Å². The van der Waals surface area contributed by atoms with E-state index in [9.17, 15) is 9.59 Å². The van der Waals surface area contributed by atoms with Gasteiger partial charge in [-0.1, -0.05) is 0 Å². The Hall–Kier alpha value is -2.34. The standard InChI is InChI=1S/C14H13NO4S/c1-8-10(6-12(20-8)14(17)18)7-19-11-4-2-9(3-5-11)13(15)16/h2-6H,7H2,1H3,(H2,15,16)(H,17,18). The molecule has 1 heterocycles. The van der Waals surface area contributed by atoms with Gasteiger partial charge in [-0.2, -0.15) is 0 Å². The van der Waals surface area contributed by atoms with Gasteiger partial charge in [0.1, 0.15) is 17.2 Å². The van der Waals surface area contributed by atoms with Gasteiger partial charge < -0.3 is 15.6 Å². The highest BCUT2D eigenvalue weighted by Crippen LogP contribution is 2.23. The average molecular weight is 291 g/mol. The van der Waals surface area contributed by atoms with Crippen molar-refractivity contribution in [3.63, 3.8) is 0 Å². The van der Waals surface area contributed by atoms with Gasteiger partial charge >= 0.3 is 5.97 Å². The number of carbonyl (C=O) groups excluding carboxylic acids is 1. The Morgan fingerprint density at radius 2 is 1.95 bits per heavy atom. The summed E-state index contributed by atoms with van der Waals surface area (Å²) in [5, 5.41) is 8.92. The predicted octanol–water partition coefficient (Wildman–Crippen LogP) is 2.43. The number of hydrogen-bond donors (Lipinski definition) is 2. The number of hydrogen-bond acceptors (Lipinski definition) is 4. The van der Waals surface area contributed by atoms with Crippen LogP contribution < -0.4 is 10.5 Å². The second-order valence-corrected chi connectivity index (χ2v) is 5.43. The molecule has 0 unspecified atom stereocenters. The fourth-order valence-corrected chi connectivity index (χ4v) is 2.51. The number of nitrogens with two attached hydrogens (primary N) is 1. The summed E-state index contributed by atoms with van der Waals surface area (Å²) in [5.74, 6) is -0.830. The molecule has 1 aromatic heterocycles. The van der Waals surface area contributed by atoms with Crippen LogP contribution in [-0.2, 0) is 6.61 Å². The third-order valence-electron chi connectivity index (χ3n) is 2.76. The van der Waals surface area contributed by atoms with Crippen LogP contribution in [0.5, 0.6) is 5.75 Å². The van der Waals surface area contributed by atoms with Crippen LogP contribution in [0.2, 0.25) is 0 Å². The van der Waals surface area contributed by atoms with E-state index in [4.69, 9.17) is 15.6 Å². The van der Waals surface area contributed by atoms with E-state index in [0.717, 1.165) is 10.4 Å². The highest BCUT2D eigenvalue weighted by Gasteiger charge is 2.11. The first-order valence-corrected chi connectivity index (χ1v) is 6.64. The van der Waals surface area contributed by atoms with Gasteiger partial charge in [0.15, 0.2) is 0 Å². The Morgan fingerprint density at radius 3 is 2.45 bits per heavy atom. The van der Waals surface area contributed by atoms with Crippen LogP contribution in [0.3, 0.4) is 0 Å². The van der Waals surface area contributed by atoms with Gasteiger partial charge in [-0.3, -0.25) is 4.79 Å². The Balaban J connectivity index is 2.05. The van der Waals surface area contributed by atoms with Crippen molar-refractivity contribution < 1.29 is 19.4 Å². The minimum absolute atomic E-state index is 0.283. The third-order valence-corrected chi connectivity index (χ3v) is 3.85. The van der Waals surface area contributed by atoms with E-state index >= 15 is 0 Å². The molecule has 0 fully saturated rings. The number of carboxylic acids is 1. The molecule has 6 heteroatoms. The number of amides is 1. The zero-order valence-corrected chi connectivity index (χ0v) is 11.6. The van der Waals surface area contributed by atoms with Crippen molar-refractivity contribution in [1.82, 2.24) is 0 Å². The first-order chi connectivity index (χ1) is 9.47. The molecule has 2 aromatic rings. The molecule has 0 aliphatic heterocycles. The van der Waals surface area contributed by atoms with E-state index in [1.807, 2.05) is 6.92 Å². The van der Waals surface area contributed by atoms with Gasteiger partial charge in [0.25, 0.3) is 0 Å². The predicted molar refractivity (Wildman–Crippen MR) is 75.3 cm³/mol. The van der Waals surface area contributed by atoms with Crippen molar-refractivity contribution in [2.45, 2.75) is 13.5 Å². The highest BCUT2D eigenvalue weighted by molar-refractivity contribution is 7.14. The van der Waals surface area contributed by atoms with Crippen molar-refractivity contribution in [1.29, 1.82) is 0 Å². The SMILES string of the molecule is Cc1sc(C(=O)O)cc1COc1ccc(C(N)=O)cc1. The summed E-state index contributed by atoms with van der Waals surface area (Å²) < 4.78 is 5.56. The Labute approximate surface area is 119 Å². The maximum atomic E-state index is 10.9. The molecule has 0 saturated carbocycles. The monoisotopic (exact) mass is 291 g/mol. The lowest BCUT2D eigenvalue weighted by molar-refractivity contribution is 0.0701. The van der Waals surface area contributed by atoms with Crippen LogP contribution in [0.4, 0.5) is 0 Å². The molecule has 0 saturated heterocycles. The molecule has 0 aliphatic carbocycles. The fourth-order valence-electron chi connectivity index (χ4n) is 1.65. The molecule has 5 nitrogen and oxygen atoms in total. The molecule has 104 valence electrons. The quantitative estimate of drug-likeness (QED) is 0.885. The zero-order valence-electron chi connectivity index (χ0n) is 10.8. The lowest BCUT2D eigenvalue weighted by atomic mass is 10.2. The van der Waals surface area contributed by atoms with Crippen LogP contribution in [0.1, 0.15) is 30.5 Å². The number of carboxylic acid groups (broad SMARTS) is 1. The number of rotatable bonds is 5. The molecule has 0 spiro atoms. The molecule has 1 amide bonds. The van der Waals surface area contributed by atoms with E-state index in [-0.39, 0.29) is 6.61 Å². The van der Waals surface area contributed by atoms with E-state index in [1.165, 1.54) is 11.3 Å². The minimum atomic E-state index is -0.935. The Bertz CT molecular complexity index is 646. The van der Waals surface area contributed by atoms with Crippen molar-refractivity contribution in [2.75, 3.05) is 0 Å². The molecular formula is C14H13NO4S. The van der Waals surface area contributed by atoms with E-state index < -0.39 is 11.9 Å². The van der Waals surface area contributed by atoms with E-state index in [1.54, 1.807) is 30.3 Å². The molecule has 0 aliphatic rings. The minimum Gasteiger partial charge on any atom is -0.489 e. The number of benzene rings is 1. The van der Waals surface area contributed by atoms with Crippen LogP contribution in [0, 0.1) is 6.92 Å².